The summed E-state index contributed by atoms with van der Waals surface area (Å²) in [6.07, 6.45) is 4.94. The highest BCUT2D eigenvalue weighted by Gasteiger charge is 2.20. The van der Waals surface area contributed by atoms with Gasteiger partial charge < -0.3 is 10.5 Å². The van der Waals surface area contributed by atoms with Gasteiger partial charge in [0.2, 0.25) is 0 Å². The molecule has 0 aromatic heterocycles. The third-order valence-electron chi connectivity index (χ3n) is 2.82. The molecule has 15 heavy (non-hydrogen) atoms. The third kappa shape index (κ3) is 3.56. The first kappa shape index (κ1) is 10.5. The van der Waals surface area contributed by atoms with Gasteiger partial charge in [-0.1, -0.05) is 25.0 Å². The van der Waals surface area contributed by atoms with Gasteiger partial charge in [0.1, 0.15) is 5.75 Å². The summed E-state index contributed by atoms with van der Waals surface area (Å²) in [7, 11) is 0. The van der Waals surface area contributed by atoms with Crippen molar-refractivity contribution in [1.82, 2.24) is 0 Å². The molecule has 1 aromatic rings. The van der Waals surface area contributed by atoms with Gasteiger partial charge in [0.25, 0.3) is 0 Å². The van der Waals surface area contributed by atoms with E-state index in [0.29, 0.717) is 6.54 Å². The molecule has 1 fully saturated rings. The van der Waals surface area contributed by atoms with Gasteiger partial charge >= 0.3 is 0 Å². The summed E-state index contributed by atoms with van der Waals surface area (Å²) in [6.45, 7) is 1.56. The second kappa shape index (κ2) is 5.17. The number of ether oxygens (including phenoxy) is 1. The first-order chi connectivity index (χ1) is 7.38. The second-order valence-electron chi connectivity index (χ2n) is 4.27. The van der Waals surface area contributed by atoms with Gasteiger partial charge in [-0.25, -0.2) is 0 Å². The molecule has 0 atom stereocenters. The molecular weight excluding hydrogens is 186 g/mol. The Hall–Kier alpha value is -1.02. The maximum absolute atomic E-state index is 5.70. The van der Waals surface area contributed by atoms with Crippen LogP contribution in [0, 0.1) is 5.92 Å². The van der Waals surface area contributed by atoms with Crippen LogP contribution in [0.5, 0.6) is 5.75 Å². The Morgan fingerprint density at radius 3 is 2.93 bits per heavy atom. The van der Waals surface area contributed by atoms with Crippen molar-refractivity contribution in [3.05, 3.63) is 29.8 Å². The van der Waals surface area contributed by atoms with Gasteiger partial charge in [-0.05, 0) is 43.0 Å². The average Bonchev–Trinajstić information content (AvgIpc) is 3.03. The van der Waals surface area contributed by atoms with Crippen molar-refractivity contribution < 1.29 is 4.74 Å². The zero-order valence-electron chi connectivity index (χ0n) is 9.11. The van der Waals surface area contributed by atoms with Gasteiger partial charge in [0.05, 0.1) is 6.61 Å². The van der Waals surface area contributed by atoms with Gasteiger partial charge in [-0.2, -0.15) is 0 Å². The van der Waals surface area contributed by atoms with Crippen molar-refractivity contribution in [2.24, 2.45) is 11.7 Å². The molecule has 0 unspecified atom stereocenters. The van der Waals surface area contributed by atoms with Gasteiger partial charge in [0, 0.05) is 0 Å². The number of hydrogen-bond donors (Lipinski definition) is 1. The quantitative estimate of drug-likeness (QED) is 0.773. The summed E-state index contributed by atoms with van der Waals surface area (Å²) in [6, 6.07) is 8.25. The Bertz CT molecular complexity index is 307. The zero-order valence-corrected chi connectivity index (χ0v) is 9.11. The molecule has 0 saturated heterocycles. The molecule has 2 N–H and O–H groups in total. The molecule has 1 aliphatic carbocycles. The van der Waals surface area contributed by atoms with Gasteiger partial charge in [-0.3, -0.25) is 0 Å². The van der Waals surface area contributed by atoms with Gasteiger partial charge in [-0.15, -0.1) is 0 Å². The lowest BCUT2D eigenvalue weighted by molar-refractivity contribution is 0.302. The lowest BCUT2D eigenvalue weighted by atomic mass is 10.1. The maximum Gasteiger partial charge on any atom is 0.119 e. The van der Waals surface area contributed by atoms with E-state index in [1.165, 1.54) is 24.8 Å². The smallest absolute Gasteiger partial charge is 0.119 e. The predicted molar refractivity (Wildman–Crippen MR) is 62.0 cm³/mol. The first-order valence-electron chi connectivity index (χ1n) is 5.80. The van der Waals surface area contributed by atoms with Crippen LogP contribution in [0.15, 0.2) is 24.3 Å². The second-order valence-corrected chi connectivity index (χ2v) is 4.27. The topological polar surface area (TPSA) is 35.2 Å². The summed E-state index contributed by atoms with van der Waals surface area (Å²) >= 11 is 0. The Morgan fingerprint density at radius 2 is 2.20 bits per heavy atom. The van der Waals surface area contributed by atoms with E-state index in [1.54, 1.807) is 0 Å². The SMILES string of the molecule is NCCc1cccc(OCCC2CC2)c1. The summed E-state index contributed by atoms with van der Waals surface area (Å²) < 4.78 is 5.70. The van der Waals surface area contributed by atoms with Crippen molar-refractivity contribution in [3.63, 3.8) is 0 Å². The van der Waals surface area contributed by atoms with E-state index in [2.05, 4.69) is 12.1 Å². The zero-order chi connectivity index (χ0) is 10.5. The fourth-order valence-corrected chi connectivity index (χ4v) is 1.71. The molecule has 82 valence electrons. The molecule has 0 aliphatic heterocycles. The van der Waals surface area contributed by atoms with E-state index in [0.717, 1.165) is 24.7 Å². The Kier molecular flexibility index (Phi) is 3.62. The number of hydrogen-bond acceptors (Lipinski definition) is 2. The molecule has 0 amide bonds. The van der Waals surface area contributed by atoms with E-state index >= 15 is 0 Å². The van der Waals surface area contributed by atoms with Crippen LogP contribution in [0.2, 0.25) is 0 Å². The molecular formula is C13H19NO. The minimum absolute atomic E-state index is 0.700. The normalized spacial score (nSPS) is 15.3. The highest BCUT2D eigenvalue weighted by Crippen LogP contribution is 2.32. The largest absolute Gasteiger partial charge is 0.494 e. The van der Waals surface area contributed by atoms with Crippen LogP contribution in [0.4, 0.5) is 0 Å². The van der Waals surface area contributed by atoms with Crippen LogP contribution in [0.1, 0.15) is 24.8 Å². The molecule has 0 heterocycles. The van der Waals surface area contributed by atoms with Crippen molar-refractivity contribution >= 4 is 0 Å². The van der Waals surface area contributed by atoms with E-state index in [1.807, 2.05) is 12.1 Å². The third-order valence-corrected chi connectivity index (χ3v) is 2.82. The number of nitrogens with two attached hydrogens (primary N) is 1. The van der Waals surface area contributed by atoms with Crippen LogP contribution in [0.3, 0.4) is 0 Å². The Balaban J connectivity index is 1.80. The van der Waals surface area contributed by atoms with Crippen LogP contribution in [-0.4, -0.2) is 13.2 Å². The minimum Gasteiger partial charge on any atom is -0.494 e. The van der Waals surface area contributed by atoms with Crippen molar-refractivity contribution in [3.8, 4) is 5.75 Å². The molecule has 1 aliphatic rings. The number of rotatable bonds is 6. The molecule has 0 bridgehead atoms. The molecule has 1 saturated carbocycles. The standard InChI is InChI=1S/C13H19NO/c14-8-6-12-2-1-3-13(10-12)15-9-7-11-4-5-11/h1-3,10-11H,4-9,14H2. The maximum atomic E-state index is 5.70. The van der Waals surface area contributed by atoms with Crippen LogP contribution in [0.25, 0.3) is 0 Å². The molecule has 2 nitrogen and oxygen atoms in total. The monoisotopic (exact) mass is 205 g/mol. The van der Waals surface area contributed by atoms with Gasteiger partial charge in [0.15, 0.2) is 0 Å². The summed E-state index contributed by atoms with van der Waals surface area (Å²) in [5, 5.41) is 0. The number of benzene rings is 1. The van der Waals surface area contributed by atoms with Crippen molar-refractivity contribution in [2.45, 2.75) is 25.7 Å². The summed E-state index contributed by atoms with van der Waals surface area (Å²) in [4.78, 5) is 0. The van der Waals surface area contributed by atoms with E-state index in [4.69, 9.17) is 10.5 Å². The predicted octanol–water partition coefficient (Wildman–Crippen LogP) is 2.37. The molecule has 0 spiro atoms. The van der Waals surface area contributed by atoms with Crippen LogP contribution >= 0.6 is 0 Å². The van der Waals surface area contributed by atoms with Crippen molar-refractivity contribution in [2.75, 3.05) is 13.2 Å². The van der Waals surface area contributed by atoms with Crippen LogP contribution < -0.4 is 10.5 Å². The molecule has 2 rings (SSSR count). The minimum atomic E-state index is 0.700. The van der Waals surface area contributed by atoms with E-state index in [-0.39, 0.29) is 0 Å². The fraction of sp³-hybridized carbons (Fsp3) is 0.538. The summed E-state index contributed by atoms with van der Waals surface area (Å²) in [5.41, 5.74) is 6.78. The highest BCUT2D eigenvalue weighted by molar-refractivity contribution is 5.28. The van der Waals surface area contributed by atoms with Crippen molar-refractivity contribution in [1.29, 1.82) is 0 Å². The Labute approximate surface area is 91.4 Å². The Morgan fingerprint density at radius 1 is 1.33 bits per heavy atom. The highest BCUT2D eigenvalue weighted by atomic mass is 16.5. The lowest BCUT2D eigenvalue weighted by Crippen LogP contribution is -2.03. The summed E-state index contributed by atoms with van der Waals surface area (Å²) in [5.74, 6) is 1.93. The van der Waals surface area contributed by atoms with E-state index in [9.17, 15) is 0 Å². The van der Waals surface area contributed by atoms with Crippen LogP contribution in [-0.2, 0) is 6.42 Å². The first-order valence-corrected chi connectivity index (χ1v) is 5.80. The molecule has 0 radical (unpaired) electrons. The fourth-order valence-electron chi connectivity index (χ4n) is 1.71. The lowest BCUT2D eigenvalue weighted by Gasteiger charge is -2.07. The van der Waals surface area contributed by atoms with E-state index < -0.39 is 0 Å². The average molecular weight is 205 g/mol. The molecule has 2 heteroatoms. The molecule has 1 aromatic carbocycles.